The Hall–Kier alpha value is 1.08. The molecule has 1 atom stereocenters. The van der Waals surface area contributed by atoms with Crippen LogP contribution >= 0.6 is 22.6 Å². The first-order chi connectivity index (χ1) is 6.74. The van der Waals surface area contributed by atoms with Crippen LogP contribution in [-0.4, -0.2) is 33.0 Å². The van der Waals surface area contributed by atoms with Crippen molar-refractivity contribution in [2.45, 2.75) is 10.5 Å². The average Bonchev–Trinajstić information content (AvgIpc) is 2.15. The van der Waals surface area contributed by atoms with Crippen LogP contribution in [-0.2, 0) is 0 Å². The Labute approximate surface area is 111 Å². The molecule has 0 rings (SSSR count). The number of nitrogens with one attached hydrogen (secondary N) is 1. The second kappa shape index (κ2) is 10.6. The number of hydrogen-bond donors (Lipinski definition) is 3. The van der Waals surface area contributed by atoms with Gasteiger partial charge in [-0.1, -0.05) is 0 Å². The molecule has 0 fully saturated rings. The molecule has 14 heavy (non-hydrogen) atoms. The Bertz CT molecular complexity index is 162. The number of hydrogen-bond acceptors (Lipinski definition) is 3. The molecule has 0 unspecified atom stereocenters. The summed E-state index contributed by atoms with van der Waals surface area (Å²) in [4.78, 5) is 0. The summed E-state index contributed by atoms with van der Waals surface area (Å²) >= 11 is 2.58. The van der Waals surface area contributed by atoms with Crippen LogP contribution in [0.15, 0.2) is 11.6 Å². The molecule has 0 bridgehead atoms. The van der Waals surface area contributed by atoms with Gasteiger partial charge in [0, 0.05) is 0 Å². The van der Waals surface area contributed by atoms with Gasteiger partial charge in [-0.25, -0.2) is 0 Å². The number of likely N-dealkylation sites (N-methyl/N-ethyl adjacent to an activating group) is 1. The summed E-state index contributed by atoms with van der Waals surface area (Å²) in [7, 11) is 1.95. The average molecular weight is 424 g/mol. The standard InChI is InChI=1S/C9H20I2N3/c1-14-7-8(2-5-12)6-9(13)11-4-3-10/h2,9,14H,3-7,12-13H2,1H3/q-1/b8-2+/t9-/m0/s1. The zero-order valence-corrected chi connectivity index (χ0v) is 12.9. The number of nitrogens with two attached hydrogens (primary N) is 2. The van der Waals surface area contributed by atoms with Gasteiger partial charge in [-0.3, -0.25) is 0 Å². The van der Waals surface area contributed by atoms with Crippen LogP contribution in [0.25, 0.3) is 0 Å². The first-order valence-electron chi connectivity index (χ1n) is 4.66. The maximum atomic E-state index is 6.06. The molecule has 5 N–H and O–H groups in total. The van der Waals surface area contributed by atoms with Crippen molar-refractivity contribution in [2.75, 3.05) is 29.0 Å². The molecule has 0 aromatic heterocycles. The monoisotopic (exact) mass is 424 g/mol. The molecule has 3 nitrogen and oxygen atoms in total. The van der Waals surface area contributed by atoms with E-state index in [1.54, 1.807) is 0 Å². The van der Waals surface area contributed by atoms with Crippen LogP contribution in [0.3, 0.4) is 0 Å². The summed E-state index contributed by atoms with van der Waals surface area (Å²) in [6, 6.07) is 0. The predicted octanol–water partition coefficient (Wildman–Crippen LogP) is -2.71. The first kappa shape index (κ1) is 15.1. The van der Waals surface area contributed by atoms with Crippen molar-refractivity contribution in [1.82, 2.24) is 5.32 Å². The molecule has 86 valence electrons. The van der Waals surface area contributed by atoms with Crippen molar-refractivity contribution in [3.63, 3.8) is 0 Å². The third-order valence-electron chi connectivity index (χ3n) is 1.65. The van der Waals surface area contributed by atoms with E-state index >= 15 is 0 Å². The van der Waals surface area contributed by atoms with Gasteiger partial charge in [-0.15, -0.1) is 0 Å². The number of rotatable bonds is 8. The van der Waals surface area contributed by atoms with Gasteiger partial charge in [0.15, 0.2) is 0 Å². The fraction of sp³-hybridized carbons (Fsp3) is 0.778. The van der Waals surface area contributed by atoms with Crippen LogP contribution in [0.4, 0.5) is 0 Å². The van der Waals surface area contributed by atoms with E-state index in [1.165, 1.54) is 14.4 Å². The van der Waals surface area contributed by atoms with E-state index in [1.807, 2.05) is 7.05 Å². The molecule has 0 spiro atoms. The van der Waals surface area contributed by atoms with E-state index in [0.717, 1.165) is 13.0 Å². The van der Waals surface area contributed by atoms with Gasteiger partial charge in [0.05, 0.1) is 0 Å². The van der Waals surface area contributed by atoms with Gasteiger partial charge in [-0.05, 0) is 0 Å². The van der Waals surface area contributed by atoms with Crippen molar-refractivity contribution in [3.8, 4) is 0 Å². The van der Waals surface area contributed by atoms with Crippen LogP contribution in [0.1, 0.15) is 6.42 Å². The van der Waals surface area contributed by atoms with Crippen LogP contribution in [0.2, 0.25) is 0 Å². The van der Waals surface area contributed by atoms with E-state index in [0.29, 0.717) is 10.6 Å². The zero-order chi connectivity index (χ0) is 10.8. The minimum atomic E-state index is 0.166. The van der Waals surface area contributed by atoms with E-state index in [2.05, 4.69) is 34.0 Å². The Balaban J connectivity index is 3.83. The Morgan fingerprint density at radius 3 is 2.86 bits per heavy atom. The molecular weight excluding hydrogens is 404 g/mol. The minimum absolute atomic E-state index is 0.166. The summed E-state index contributed by atoms with van der Waals surface area (Å²) in [6.07, 6.45) is 3.10. The Morgan fingerprint density at radius 1 is 1.64 bits per heavy atom. The topological polar surface area (TPSA) is 64.1 Å². The normalized spacial score (nSPS) is 14.7. The van der Waals surface area contributed by atoms with Crippen LogP contribution in [0, 0.1) is 0 Å². The van der Waals surface area contributed by atoms with Gasteiger partial charge < -0.3 is 0 Å². The molecule has 0 heterocycles. The summed E-state index contributed by atoms with van der Waals surface area (Å²) in [5, 5.41) is 3.15. The number of halogens is 2. The van der Waals surface area contributed by atoms with Crippen LogP contribution in [0.5, 0.6) is 0 Å². The van der Waals surface area contributed by atoms with Crippen LogP contribution < -0.4 is 38.0 Å². The van der Waals surface area contributed by atoms with Crippen molar-refractivity contribution < 1.29 is 21.2 Å². The molecule has 0 aliphatic heterocycles. The fourth-order valence-electron chi connectivity index (χ4n) is 1.11. The summed E-state index contributed by atoms with van der Waals surface area (Å²) in [5.41, 5.74) is 12.9. The molecule has 0 amide bonds. The van der Waals surface area contributed by atoms with Gasteiger partial charge >= 0.3 is 112 Å². The van der Waals surface area contributed by atoms with E-state index in [9.17, 15) is 0 Å². The second-order valence-corrected chi connectivity index (χ2v) is 7.52. The third-order valence-corrected chi connectivity index (χ3v) is 6.98. The Morgan fingerprint density at radius 2 is 2.36 bits per heavy atom. The SMILES string of the molecule is CNC/C(=C/CN)C[C@H](N)[I-]CCI. The summed E-state index contributed by atoms with van der Waals surface area (Å²) < 4.78 is 2.95. The van der Waals surface area contributed by atoms with Gasteiger partial charge in [0.1, 0.15) is 0 Å². The summed E-state index contributed by atoms with van der Waals surface area (Å²) in [5.74, 6) is 0. The number of alkyl halides is 3. The van der Waals surface area contributed by atoms with Crippen molar-refractivity contribution in [1.29, 1.82) is 0 Å². The predicted molar refractivity (Wildman–Crippen MR) is 67.4 cm³/mol. The molecule has 0 aliphatic rings. The third kappa shape index (κ3) is 8.39. The molecular formula is C9H20I2N3-. The maximum absolute atomic E-state index is 6.06. The molecule has 5 heteroatoms. The van der Waals surface area contributed by atoms with Crippen molar-refractivity contribution in [3.05, 3.63) is 11.6 Å². The molecule has 0 saturated carbocycles. The fourth-order valence-corrected chi connectivity index (χ4v) is 4.60. The molecule has 0 saturated heterocycles. The molecule has 0 aromatic carbocycles. The van der Waals surface area contributed by atoms with Gasteiger partial charge in [0.25, 0.3) is 0 Å². The van der Waals surface area contributed by atoms with Crippen molar-refractivity contribution in [2.24, 2.45) is 11.5 Å². The van der Waals surface area contributed by atoms with Gasteiger partial charge in [-0.2, -0.15) is 0 Å². The van der Waals surface area contributed by atoms with E-state index < -0.39 is 0 Å². The van der Waals surface area contributed by atoms with Gasteiger partial charge in [0.2, 0.25) is 0 Å². The second-order valence-electron chi connectivity index (χ2n) is 2.88. The Kier molecular flexibility index (Phi) is 11.4. The van der Waals surface area contributed by atoms with E-state index in [4.69, 9.17) is 11.5 Å². The molecule has 0 radical (unpaired) electrons. The quantitative estimate of drug-likeness (QED) is 0.172. The first-order valence-corrected chi connectivity index (χ1v) is 8.96. The van der Waals surface area contributed by atoms with E-state index in [-0.39, 0.29) is 21.2 Å². The van der Waals surface area contributed by atoms with Crippen molar-refractivity contribution >= 4 is 22.6 Å². The molecule has 0 aromatic rings. The summed E-state index contributed by atoms with van der Waals surface area (Å²) in [6.45, 7) is 1.53. The zero-order valence-electron chi connectivity index (χ0n) is 8.60. The molecule has 0 aliphatic carbocycles.